The minimum Gasteiger partial charge on any atom is -0.452 e. The number of rotatable bonds is 6. The second kappa shape index (κ2) is 8.63. The number of carbonyl (C=O) groups is 2. The molecule has 0 saturated carbocycles. The molecule has 1 amide bonds. The van der Waals surface area contributed by atoms with E-state index >= 15 is 0 Å². The highest BCUT2D eigenvalue weighted by molar-refractivity contribution is 8.19. The van der Waals surface area contributed by atoms with Crippen molar-refractivity contribution in [1.29, 1.82) is 5.26 Å². The lowest BCUT2D eigenvalue weighted by atomic mass is 9.90. The van der Waals surface area contributed by atoms with Crippen LogP contribution in [0.5, 0.6) is 0 Å². The summed E-state index contributed by atoms with van der Waals surface area (Å²) in [6.07, 6.45) is 0. The van der Waals surface area contributed by atoms with Gasteiger partial charge in [0.25, 0.3) is 5.91 Å². The van der Waals surface area contributed by atoms with E-state index in [9.17, 15) is 14.9 Å². The Morgan fingerprint density at radius 2 is 1.92 bits per heavy atom. The van der Waals surface area contributed by atoms with E-state index in [1.54, 1.807) is 19.1 Å². The van der Waals surface area contributed by atoms with Crippen molar-refractivity contribution in [2.45, 2.75) is 30.9 Å². The highest BCUT2D eigenvalue weighted by Crippen LogP contribution is 2.45. The van der Waals surface area contributed by atoms with Gasteiger partial charge in [0.2, 0.25) is 0 Å². The zero-order valence-corrected chi connectivity index (χ0v) is 16.2. The molecule has 0 aromatic heterocycles. The summed E-state index contributed by atoms with van der Waals surface area (Å²) in [5.74, 6) is 1.20. The third-order valence-corrected chi connectivity index (χ3v) is 7.27. The van der Waals surface area contributed by atoms with Crippen LogP contribution in [0, 0.1) is 17.2 Å². The summed E-state index contributed by atoms with van der Waals surface area (Å²) < 4.78 is 5.48. The van der Waals surface area contributed by atoms with Gasteiger partial charge in [0.05, 0.1) is 16.2 Å². The van der Waals surface area contributed by atoms with Crippen LogP contribution < -0.4 is 5.32 Å². The molecule has 1 saturated heterocycles. The molecular formula is C18H22N2O3S2. The number of ether oxygens (including phenoxy) is 1. The average Bonchev–Trinajstić information content (AvgIpc) is 3.14. The molecule has 0 unspecified atom stereocenters. The molecule has 1 aliphatic rings. The summed E-state index contributed by atoms with van der Waals surface area (Å²) >= 11 is 3.80. The minimum atomic E-state index is -0.984. The summed E-state index contributed by atoms with van der Waals surface area (Å²) in [7, 11) is 0. The fraction of sp³-hybridized carbons (Fsp3) is 0.500. The molecule has 0 bridgehead atoms. The van der Waals surface area contributed by atoms with E-state index in [-0.39, 0.29) is 5.92 Å². The monoisotopic (exact) mass is 378 g/mol. The van der Waals surface area contributed by atoms with Gasteiger partial charge >= 0.3 is 5.97 Å². The molecule has 1 N–H and O–H groups in total. The molecule has 7 heteroatoms. The minimum absolute atomic E-state index is 0.0592. The van der Waals surface area contributed by atoms with Gasteiger partial charge in [-0.1, -0.05) is 26.0 Å². The Morgan fingerprint density at radius 1 is 1.32 bits per heavy atom. The Bertz CT molecular complexity index is 664. The molecule has 5 nitrogen and oxygen atoms in total. The van der Waals surface area contributed by atoms with Gasteiger partial charge in [-0.15, -0.1) is 23.5 Å². The van der Waals surface area contributed by atoms with Crippen molar-refractivity contribution < 1.29 is 14.3 Å². The van der Waals surface area contributed by atoms with E-state index < -0.39 is 24.0 Å². The fourth-order valence-electron chi connectivity index (χ4n) is 2.17. The summed E-state index contributed by atoms with van der Waals surface area (Å²) in [4.78, 5) is 24.0. The predicted molar refractivity (Wildman–Crippen MR) is 101 cm³/mol. The largest absolute Gasteiger partial charge is 0.452 e. The molecule has 1 aromatic rings. The van der Waals surface area contributed by atoms with E-state index in [2.05, 4.69) is 11.4 Å². The third kappa shape index (κ3) is 5.16. The van der Waals surface area contributed by atoms with Crippen LogP contribution in [0.2, 0.25) is 0 Å². The summed E-state index contributed by atoms with van der Waals surface area (Å²) in [6.45, 7) is 4.93. The van der Waals surface area contributed by atoms with Crippen molar-refractivity contribution in [1.82, 2.24) is 5.32 Å². The van der Waals surface area contributed by atoms with Crippen molar-refractivity contribution in [3.63, 3.8) is 0 Å². The van der Waals surface area contributed by atoms with Gasteiger partial charge in [-0.25, -0.2) is 4.79 Å². The number of nitriles is 1. The maximum atomic E-state index is 12.1. The van der Waals surface area contributed by atoms with Crippen molar-refractivity contribution in [3.8, 4) is 6.07 Å². The van der Waals surface area contributed by atoms with Crippen LogP contribution in [-0.4, -0.2) is 35.5 Å². The van der Waals surface area contributed by atoms with Gasteiger partial charge in [0, 0.05) is 11.5 Å². The van der Waals surface area contributed by atoms with Crippen LogP contribution in [0.3, 0.4) is 0 Å². The molecule has 0 radical (unpaired) electrons. The molecule has 1 heterocycles. The fourth-order valence-corrected chi connectivity index (χ4v) is 5.03. The Kier molecular flexibility index (Phi) is 6.79. The van der Waals surface area contributed by atoms with Crippen molar-refractivity contribution in [2.75, 3.05) is 18.1 Å². The van der Waals surface area contributed by atoms with Crippen molar-refractivity contribution >= 4 is 35.4 Å². The topological polar surface area (TPSA) is 79.2 Å². The molecule has 2 rings (SSSR count). The summed E-state index contributed by atoms with van der Waals surface area (Å²) in [5.41, 5.74) is 0.613. The molecule has 0 spiro atoms. The Labute approximate surface area is 156 Å². The van der Waals surface area contributed by atoms with Gasteiger partial charge in [0.1, 0.15) is 5.54 Å². The Hall–Kier alpha value is -1.65. The lowest BCUT2D eigenvalue weighted by Crippen LogP contribution is -2.50. The van der Waals surface area contributed by atoms with E-state index in [0.717, 1.165) is 11.5 Å². The molecule has 25 heavy (non-hydrogen) atoms. The second-order valence-corrected chi connectivity index (χ2v) is 9.01. The number of hydrogen-bond acceptors (Lipinski definition) is 6. The van der Waals surface area contributed by atoms with Crippen molar-refractivity contribution in [2.24, 2.45) is 5.92 Å². The smallest absolute Gasteiger partial charge is 0.338 e. The highest BCUT2D eigenvalue weighted by Gasteiger charge is 2.30. The lowest BCUT2D eigenvalue weighted by Gasteiger charge is -2.27. The molecule has 1 aromatic carbocycles. The number of amides is 1. The Morgan fingerprint density at radius 3 is 2.44 bits per heavy atom. The first-order valence-corrected chi connectivity index (χ1v) is 10.2. The highest BCUT2D eigenvalue weighted by atomic mass is 32.2. The van der Waals surface area contributed by atoms with Crippen LogP contribution in [0.1, 0.15) is 41.3 Å². The standard InChI is InChI=1S/C18H22N2O3S2/c1-12(2)18(3,11-19)20-15(21)10-23-16(22)13-4-6-14(7-5-13)17-24-8-9-25-17/h4-7,12,17H,8-10H2,1-3H3,(H,20,21)/t18-/m1/s1. The lowest BCUT2D eigenvalue weighted by molar-refractivity contribution is -0.125. The van der Waals surface area contributed by atoms with Gasteiger partial charge in [0.15, 0.2) is 6.61 Å². The summed E-state index contributed by atoms with van der Waals surface area (Å²) in [5, 5.41) is 11.8. The second-order valence-electron chi connectivity index (χ2n) is 6.29. The first-order valence-electron chi connectivity index (χ1n) is 8.08. The van der Waals surface area contributed by atoms with Crippen molar-refractivity contribution in [3.05, 3.63) is 35.4 Å². The first kappa shape index (κ1) is 19.7. The van der Waals surface area contributed by atoms with E-state index in [1.807, 2.05) is 49.5 Å². The number of thioether (sulfide) groups is 2. The zero-order chi connectivity index (χ0) is 18.4. The van der Waals surface area contributed by atoms with E-state index in [1.165, 1.54) is 5.56 Å². The number of nitrogens with zero attached hydrogens (tertiary/aromatic N) is 1. The first-order chi connectivity index (χ1) is 11.9. The van der Waals surface area contributed by atoms with E-state index in [0.29, 0.717) is 10.1 Å². The van der Waals surface area contributed by atoms with Crippen LogP contribution in [0.4, 0.5) is 0 Å². The molecular weight excluding hydrogens is 356 g/mol. The normalized spacial score (nSPS) is 16.9. The molecule has 1 atom stereocenters. The van der Waals surface area contributed by atoms with Gasteiger partial charge in [-0.05, 0) is 30.5 Å². The molecule has 0 aliphatic carbocycles. The molecule has 1 aliphatic heterocycles. The maximum absolute atomic E-state index is 12.1. The van der Waals surface area contributed by atoms with Crippen LogP contribution in [0.25, 0.3) is 0 Å². The number of esters is 1. The predicted octanol–water partition coefficient (Wildman–Crippen LogP) is 3.38. The number of carbonyl (C=O) groups excluding carboxylic acids is 2. The quantitative estimate of drug-likeness (QED) is 0.765. The number of benzene rings is 1. The van der Waals surface area contributed by atoms with Gasteiger partial charge < -0.3 is 10.1 Å². The number of nitrogens with one attached hydrogen (secondary N) is 1. The van der Waals surface area contributed by atoms with E-state index in [4.69, 9.17) is 4.74 Å². The van der Waals surface area contributed by atoms with Crippen LogP contribution in [-0.2, 0) is 9.53 Å². The molecule has 134 valence electrons. The molecule has 1 fully saturated rings. The summed E-state index contributed by atoms with van der Waals surface area (Å²) in [6, 6.07) is 9.39. The number of hydrogen-bond donors (Lipinski definition) is 1. The van der Waals surface area contributed by atoms with Crippen LogP contribution >= 0.6 is 23.5 Å². The zero-order valence-electron chi connectivity index (χ0n) is 14.6. The van der Waals surface area contributed by atoms with Gasteiger partial charge in [-0.3, -0.25) is 4.79 Å². The Balaban J connectivity index is 1.87. The van der Waals surface area contributed by atoms with Crippen LogP contribution in [0.15, 0.2) is 24.3 Å². The SMILES string of the molecule is CC(C)[C@@](C)(C#N)NC(=O)COC(=O)c1ccc(C2SCCS2)cc1. The maximum Gasteiger partial charge on any atom is 0.338 e. The third-order valence-electron chi connectivity index (χ3n) is 4.16. The average molecular weight is 379 g/mol. The van der Waals surface area contributed by atoms with Gasteiger partial charge in [-0.2, -0.15) is 5.26 Å².